The molecule has 0 radical (unpaired) electrons. The fourth-order valence-corrected chi connectivity index (χ4v) is 2.15. The zero-order valence-electron chi connectivity index (χ0n) is 10.7. The fraction of sp³-hybridized carbons (Fsp3) is 0.833. The molecule has 0 aliphatic carbocycles. The molecule has 1 fully saturated rings. The molecule has 0 spiro atoms. The minimum Gasteiger partial charge on any atom is -0.481 e. The third kappa shape index (κ3) is 4.62. The van der Waals surface area contributed by atoms with Gasteiger partial charge in [-0.05, 0) is 19.3 Å². The second-order valence-corrected chi connectivity index (χ2v) is 4.65. The third-order valence-electron chi connectivity index (χ3n) is 3.07. The van der Waals surface area contributed by atoms with Crippen molar-refractivity contribution in [3.63, 3.8) is 0 Å². The van der Waals surface area contributed by atoms with E-state index in [9.17, 15) is 9.59 Å². The molecule has 3 unspecified atom stereocenters. The molecule has 0 bridgehead atoms. The first-order valence-corrected chi connectivity index (χ1v) is 6.44. The number of hydrogen-bond acceptors (Lipinski definition) is 4. The van der Waals surface area contributed by atoms with Crippen molar-refractivity contribution in [3.05, 3.63) is 0 Å². The van der Waals surface area contributed by atoms with Crippen molar-refractivity contribution in [2.24, 2.45) is 5.73 Å². The standard InChI is InChI=1S/C12H22N2O4/c1-2-3-8(6-11(15)16)14-12(17)10-5-4-9(7-13)18-10/h8-10H,2-7,13H2,1H3,(H,14,17)(H,15,16). The Kier molecular flexibility index (Phi) is 6.07. The van der Waals surface area contributed by atoms with Gasteiger partial charge in [0.25, 0.3) is 0 Å². The number of nitrogens with one attached hydrogen (secondary N) is 1. The maximum atomic E-state index is 11.9. The highest BCUT2D eigenvalue weighted by atomic mass is 16.5. The van der Waals surface area contributed by atoms with Crippen LogP contribution in [0.25, 0.3) is 0 Å². The minimum atomic E-state index is -0.902. The van der Waals surface area contributed by atoms with E-state index in [1.807, 2.05) is 6.92 Å². The van der Waals surface area contributed by atoms with E-state index in [0.717, 1.165) is 12.8 Å². The van der Waals surface area contributed by atoms with Crippen molar-refractivity contribution in [3.8, 4) is 0 Å². The Bertz CT molecular complexity index is 296. The van der Waals surface area contributed by atoms with Gasteiger partial charge in [0, 0.05) is 12.6 Å². The predicted octanol–water partition coefficient (Wildman–Crippen LogP) is 0.252. The lowest BCUT2D eigenvalue weighted by atomic mass is 10.1. The fourth-order valence-electron chi connectivity index (χ4n) is 2.15. The van der Waals surface area contributed by atoms with E-state index < -0.39 is 12.1 Å². The van der Waals surface area contributed by atoms with E-state index in [1.54, 1.807) is 0 Å². The highest BCUT2D eigenvalue weighted by Crippen LogP contribution is 2.19. The van der Waals surface area contributed by atoms with E-state index in [2.05, 4.69) is 5.32 Å². The molecule has 1 saturated heterocycles. The van der Waals surface area contributed by atoms with Crippen LogP contribution in [-0.4, -0.2) is 41.8 Å². The Morgan fingerprint density at radius 2 is 2.22 bits per heavy atom. The maximum absolute atomic E-state index is 11.9. The van der Waals surface area contributed by atoms with Gasteiger partial charge in [0.1, 0.15) is 6.10 Å². The average molecular weight is 258 g/mol. The van der Waals surface area contributed by atoms with Crippen LogP contribution in [0.2, 0.25) is 0 Å². The number of carboxylic acids is 1. The summed E-state index contributed by atoms with van der Waals surface area (Å²) in [6, 6.07) is -0.319. The Morgan fingerprint density at radius 1 is 1.50 bits per heavy atom. The monoisotopic (exact) mass is 258 g/mol. The molecule has 1 aliphatic heterocycles. The minimum absolute atomic E-state index is 0.0490. The van der Waals surface area contributed by atoms with Crippen molar-refractivity contribution in [2.75, 3.05) is 6.54 Å². The van der Waals surface area contributed by atoms with E-state index in [4.69, 9.17) is 15.6 Å². The normalized spacial score (nSPS) is 24.8. The summed E-state index contributed by atoms with van der Waals surface area (Å²) in [5.74, 6) is -1.12. The molecule has 1 aliphatic rings. The van der Waals surface area contributed by atoms with Crippen LogP contribution >= 0.6 is 0 Å². The molecule has 3 atom stereocenters. The zero-order valence-corrected chi connectivity index (χ0v) is 10.7. The number of amides is 1. The highest BCUT2D eigenvalue weighted by Gasteiger charge is 2.31. The van der Waals surface area contributed by atoms with Gasteiger partial charge in [0.15, 0.2) is 0 Å². The molecule has 0 aromatic rings. The molecule has 1 heterocycles. The van der Waals surface area contributed by atoms with Crippen molar-refractivity contribution in [1.29, 1.82) is 0 Å². The summed E-state index contributed by atoms with van der Waals surface area (Å²) in [5.41, 5.74) is 5.48. The Morgan fingerprint density at radius 3 is 2.72 bits per heavy atom. The largest absolute Gasteiger partial charge is 0.481 e. The Balaban J connectivity index is 2.43. The lowest BCUT2D eigenvalue weighted by Gasteiger charge is -2.19. The van der Waals surface area contributed by atoms with Crippen molar-refractivity contribution in [1.82, 2.24) is 5.32 Å². The van der Waals surface area contributed by atoms with Crippen molar-refractivity contribution in [2.45, 2.75) is 57.3 Å². The number of nitrogens with two attached hydrogens (primary N) is 1. The predicted molar refractivity (Wildman–Crippen MR) is 66.0 cm³/mol. The van der Waals surface area contributed by atoms with Crippen LogP contribution in [0.4, 0.5) is 0 Å². The van der Waals surface area contributed by atoms with Crippen LogP contribution in [-0.2, 0) is 14.3 Å². The number of ether oxygens (including phenoxy) is 1. The lowest BCUT2D eigenvalue weighted by Crippen LogP contribution is -2.42. The Hall–Kier alpha value is -1.14. The van der Waals surface area contributed by atoms with E-state index in [0.29, 0.717) is 19.4 Å². The summed E-state index contributed by atoms with van der Waals surface area (Å²) in [5, 5.41) is 11.5. The third-order valence-corrected chi connectivity index (χ3v) is 3.07. The van der Waals surface area contributed by atoms with Crippen molar-refractivity contribution >= 4 is 11.9 Å². The smallest absolute Gasteiger partial charge is 0.305 e. The molecule has 6 nitrogen and oxygen atoms in total. The number of carboxylic acid groups (broad SMARTS) is 1. The number of rotatable bonds is 7. The molecule has 1 amide bonds. The Labute approximate surface area is 107 Å². The molecule has 0 saturated carbocycles. The van der Waals surface area contributed by atoms with Gasteiger partial charge in [0.2, 0.25) is 5.91 Å². The van der Waals surface area contributed by atoms with Gasteiger partial charge < -0.3 is 20.9 Å². The lowest BCUT2D eigenvalue weighted by molar-refractivity contribution is -0.138. The van der Waals surface area contributed by atoms with Gasteiger partial charge in [-0.15, -0.1) is 0 Å². The first-order valence-electron chi connectivity index (χ1n) is 6.44. The first kappa shape index (κ1) is 14.9. The van der Waals surface area contributed by atoms with Gasteiger partial charge in [-0.3, -0.25) is 9.59 Å². The van der Waals surface area contributed by atoms with Gasteiger partial charge in [-0.25, -0.2) is 0 Å². The van der Waals surface area contributed by atoms with Gasteiger partial charge in [-0.2, -0.15) is 0 Å². The number of carbonyl (C=O) groups is 2. The maximum Gasteiger partial charge on any atom is 0.305 e. The summed E-state index contributed by atoms with van der Waals surface area (Å²) in [4.78, 5) is 22.6. The summed E-state index contributed by atoms with van der Waals surface area (Å²) in [6.07, 6.45) is 2.34. The van der Waals surface area contributed by atoms with E-state index in [-0.39, 0.29) is 24.5 Å². The average Bonchev–Trinajstić information content (AvgIpc) is 2.76. The molecule has 0 aromatic heterocycles. The molecule has 104 valence electrons. The molecular weight excluding hydrogens is 236 g/mol. The summed E-state index contributed by atoms with van der Waals surface area (Å²) >= 11 is 0. The van der Waals surface area contributed by atoms with E-state index >= 15 is 0 Å². The number of carbonyl (C=O) groups excluding carboxylic acids is 1. The highest BCUT2D eigenvalue weighted by molar-refractivity contribution is 5.82. The van der Waals surface area contributed by atoms with Crippen LogP contribution in [0.3, 0.4) is 0 Å². The molecule has 4 N–H and O–H groups in total. The summed E-state index contributed by atoms with van der Waals surface area (Å²) < 4.78 is 5.47. The summed E-state index contributed by atoms with van der Waals surface area (Å²) in [7, 11) is 0. The molecule has 6 heteroatoms. The molecule has 1 rings (SSSR count). The molecule has 18 heavy (non-hydrogen) atoms. The van der Waals surface area contributed by atoms with Crippen LogP contribution in [0.5, 0.6) is 0 Å². The number of hydrogen-bond donors (Lipinski definition) is 3. The van der Waals surface area contributed by atoms with E-state index in [1.165, 1.54) is 0 Å². The van der Waals surface area contributed by atoms with Gasteiger partial charge in [-0.1, -0.05) is 13.3 Å². The second-order valence-electron chi connectivity index (χ2n) is 4.65. The van der Waals surface area contributed by atoms with Gasteiger partial charge >= 0.3 is 5.97 Å². The number of aliphatic carboxylic acids is 1. The second kappa shape index (κ2) is 7.33. The quantitative estimate of drug-likeness (QED) is 0.607. The topological polar surface area (TPSA) is 102 Å². The first-order chi connectivity index (χ1) is 8.56. The van der Waals surface area contributed by atoms with Gasteiger partial charge in [0.05, 0.1) is 12.5 Å². The molecular formula is C12H22N2O4. The van der Waals surface area contributed by atoms with Crippen LogP contribution in [0.15, 0.2) is 0 Å². The molecule has 0 aromatic carbocycles. The SMILES string of the molecule is CCCC(CC(=O)O)NC(=O)C1CCC(CN)O1. The zero-order chi connectivity index (χ0) is 13.5. The summed E-state index contributed by atoms with van der Waals surface area (Å²) in [6.45, 7) is 2.37. The van der Waals surface area contributed by atoms with Crippen molar-refractivity contribution < 1.29 is 19.4 Å². The van der Waals surface area contributed by atoms with Crippen LogP contribution in [0, 0.1) is 0 Å². The van der Waals surface area contributed by atoms with Crippen LogP contribution < -0.4 is 11.1 Å². The van der Waals surface area contributed by atoms with Crippen LogP contribution in [0.1, 0.15) is 39.0 Å².